The monoisotopic (exact) mass is 339 g/mol. The number of fused-ring (bicyclic) bond motifs is 1. The van der Waals surface area contributed by atoms with Crippen LogP contribution in [-0.4, -0.2) is 39.2 Å². The van der Waals surface area contributed by atoms with Gasteiger partial charge in [0.15, 0.2) is 0 Å². The Labute approximate surface area is 143 Å². The molecule has 3 aromatic heterocycles. The number of hydrogen-bond acceptors (Lipinski definition) is 7. The number of nitrogens with zero attached hydrogens (tertiary/aromatic N) is 6. The largest absolute Gasteiger partial charge is 0.369 e. The van der Waals surface area contributed by atoms with Gasteiger partial charge in [0.05, 0.1) is 17.5 Å². The quantitative estimate of drug-likeness (QED) is 0.785. The van der Waals surface area contributed by atoms with Crippen LogP contribution in [0.4, 0.5) is 10.9 Å². The van der Waals surface area contributed by atoms with Crippen molar-refractivity contribution in [2.24, 2.45) is 5.92 Å². The highest BCUT2D eigenvalue weighted by molar-refractivity contribution is 7.20. The molecule has 0 aliphatic carbocycles. The molecule has 1 N–H and O–H groups in total. The van der Waals surface area contributed by atoms with E-state index in [0.717, 1.165) is 41.8 Å². The number of imidazole rings is 1. The first kappa shape index (κ1) is 14.9. The Morgan fingerprint density at radius 2 is 2.42 bits per heavy atom. The fraction of sp³-hybridized carbons (Fsp3) is 0.375. The van der Waals surface area contributed by atoms with Gasteiger partial charge in [0.2, 0.25) is 10.1 Å². The molecular weight excluding hydrogens is 322 g/mol. The zero-order valence-corrected chi connectivity index (χ0v) is 14.1. The highest BCUT2D eigenvalue weighted by atomic mass is 32.1. The van der Waals surface area contributed by atoms with Gasteiger partial charge < -0.3 is 10.2 Å². The zero-order valence-electron chi connectivity index (χ0n) is 13.3. The van der Waals surface area contributed by atoms with Crippen molar-refractivity contribution in [2.75, 3.05) is 29.9 Å². The third kappa shape index (κ3) is 2.78. The number of anilines is 2. The van der Waals surface area contributed by atoms with E-state index in [1.807, 2.05) is 17.6 Å². The molecule has 0 radical (unpaired) electrons. The van der Waals surface area contributed by atoms with Crippen LogP contribution < -0.4 is 10.2 Å². The van der Waals surface area contributed by atoms with Gasteiger partial charge in [-0.25, -0.2) is 14.5 Å². The maximum absolute atomic E-state index is 9.12. The number of aryl methyl sites for hydroxylation is 1. The summed E-state index contributed by atoms with van der Waals surface area (Å²) in [5, 5.41) is 18.1. The lowest BCUT2D eigenvalue weighted by atomic mass is 10.1. The topological polar surface area (TPSA) is 82.1 Å². The van der Waals surface area contributed by atoms with E-state index in [0.29, 0.717) is 17.3 Å². The van der Waals surface area contributed by atoms with Crippen LogP contribution in [0.2, 0.25) is 0 Å². The van der Waals surface area contributed by atoms with E-state index in [1.165, 1.54) is 0 Å². The Morgan fingerprint density at radius 1 is 1.50 bits per heavy atom. The van der Waals surface area contributed by atoms with Gasteiger partial charge in [0, 0.05) is 25.8 Å². The Kier molecular flexibility index (Phi) is 3.78. The average Bonchev–Trinajstić information content (AvgIpc) is 3.27. The molecular formula is C16H17N7S. The van der Waals surface area contributed by atoms with Gasteiger partial charge in [0.25, 0.3) is 0 Å². The van der Waals surface area contributed by atoms with Crippen LogP contribution in [0, 0.1) is 24.2 Å². The van der Waals surface area contributed by atoms with Crippen LogP contribution in [0.25, 0.3) is 4.96 Å². The molecule has 4 heterocycles. The minimum Gasteiger partial charge on any atom is -0.369 e. The van der Waals surface area contributed by atoms with E-state index >= 15 is 0 Å². The van der Waals surface area contributed by atoms with Crippen LogP contribution in [0.1, 0.15) is 17.7 Å². The lowest BCUT2D eigenvalue weighted by molar-refractivity contribution is 0.621. The first-order valence-corrected chi connectivity index (χ1v) is 8.71. The summed E-state index contributed by atoms with van der Waals surface area (Å²) in [7, 11) is 0. The van der Waals surface area contributed by atoms with E-state index in [2.05, 4.69) is 31.4 Å². The van der Waals surface area contributed by atoms with E-state index < -0.39 is 0 Å². The van der Waals surface area contributed by atoms with E-state index in [1.54, 1.807) is 29.7 Å². The molecule has 122 valence electrons. The molecule has 1 fully saturated rings. The number of pyridine rings is 1. The van der Waals surface area contributed by atoms with E-state index in [-0.39, 0.29) is 0 Å². The predicted molar refractivity (Wildman–Crippen MR) is 93.4 cm³/mol. The lowest BCUT2D eigenvalue weighted by Gasteiger charge is -2.15. The third-order valence-electron chi connectivity index (χ3n) is 4.20. The molecule has 4 rings (SSSR count). The van der Waals surface area contributed by atoms with Crippen molar-refractivity contribution < 1.29 is 0 Å². The molecule has 0 amide bonds. The van der Waals surface area contributed by atoms with Gasteiger partial charge in [-0.3, -0.25) is 0 Å². The zero-order chi connectivity index (χ0) is 16.5. The summed E-state index contributed by atoms with van der Waals surface area (Å²) in [6, 6.07) is 5.73. The molecule has 24 heavy (non-hydrogen) atoms. The lowest BCUT2D eigenvalue weighted by Crippen LogP contribution is -2.22. The van der Waals surface area contributed by atoms with Crippen molar-refractivity contribution in [3.63, 3.8) is 0 Å². The summed E-state index contributed by atoms with van der Waals surface area (Å²) in [4.78, 5) is 12.0. The Balaban J connectivity index is 1.39. The minimum absolute atomic E-state index is 0.511. The molecule has 0 aromatic carbocycles. The maximum Gasteiger partial charge on any atom is 0.214 e. The highest BCUT2D eigenvalue weighted by Crippen LogP contribution is 2.28. The fourth-order valence-corrected chi connectivity index (χ4v) is 3.94. The van der Waals surface area contributed by atoms with E-state index in [4.69, 9.17) is 5.26 Å². The summed E-state index contributed by atoms with van der Waals surface area (Å²) < 4.78 is 1.86. The van der Waals surface area contributed by atoms with Gasteiger partial charge in [0.1, 0.15) is 11.9 Å². The Morgan fingerprint density at radius 3 is 3.25 bits per heavy atom. The van der Waals surface area contributed by atoms with Crippen molar-refractivity contribution in [3.05, 3.63) is 35.8 Å². The van der Waals surface area contributed by atoms with Gasteiger partial charge >= 0.3 is 0 Å². The van der Waals surface area contributed by atoms with Crippen LogP contribution in [0.15, 0.2) is 24.5 Å². The highest BCUT2D eigenvalue weighted by Gasteiger charge is 2.25. The van der Waals surface area contributed by atoms with Crippen molar-refractivity contribution in [1.29, 1.82) is 5.26 Å². The Hall–Kier alpha value is -2.66. The van der Waals surface area contributed by atoms with Crippen LogP contribution >= 0.6 is 11.3 Å². The van der Waals surface area contributed by atoms with Crippen molar-refractivity contribution in [1.82, 2.24) is 19.6 Å². The van der Waals surface area contributed by atoms with E-state index in [9.17, 15) is 0 Å². The molecule has 0 unspecified atom stereocenters. The molecule has 0 saturated carbocycles. The summed E-state index contributed by atoms with van der Waals surface area (Å²) in [6.45, 7) is 4.74. The number of aromatic nitrogens is 4. The molecule has 0 bridgehead atoms. The molecule has 1 aliphatic heterocycles. The summed E-state index contributed by atoms with van der Waals surface area (Å²) in [6.07, 6.45) is 4.76. The Bertz CT molecular complexity index is 875. The standard InChI is InChI=1S/C16H17N7S/c1-11-9-23-15(20-11)24-16(21-23)22-6-4-12(10-22)8-19-14-13(7-17)3-2-5-18-14/h2-3,5,9,12H,4,6,8,10H2,1H3,(H,18,19)/t12-/m1/s1. The SMILES string of the molecule is Cc1cn2nc(N3CC[C@H](CNc4ncccc4C#N)C3)sc2n1. The van der Waals surface area contributed by atoms with Crippen LogP contribution in [0.5, 0.6) is 0 Å². The molecule has 1 aliphatic rings. The first-order chi connectivity index (χ1) is 11.7. The number of rotatable bonds is 4. The summed E-state index contributed by atoms with van der Waals surface area (Å²) in [5.41, 5.74) is 1.58. The predicted octanol–water partition coefficient (Wildman–Crippen LogP) is 2.30. The normalized spacial score (nSPS) is 17.3. The second-order valence-electron chi connectivity index (χ2n) is 5.99. The van der Waals surface area contributed by atoms with Gasteiger partial charge in [-0.15, -0.1) is 5.10 Å². The van der Waals surface area contributed by atoms with Gasteiger partial charge in [-0.2, -0.15) is 5.26 Å². The molecule has 1 saturated heterocycles. The summed E-state index contributed by atoms with van der Waals surface area (Å²) >= 11 is 1.63. The van der Waals surface area contributed by atoms with Gasteiger partial charge in [-0.1, -0.05) is 11.3 Å². The maximum atomic E-state index is 9.12. The van der Waals surface area contributed by atoms with Crippen LogP contribution in [-0.2, 0) is 0 Å². The minimum atomic E-state index is 0.511. The average molecular weight is 339 g/mol. The second kappa shape index (κ2) is 6.09. The number of hydrogen-bond donors (Lipinski definition) is 1. The second-order valence-corrected chi connectivity index (χ2v) is 6.92. The van der Waals surface area contributed by atoms with Crippen molar-refractivity contribution in [2.45, 2.75) is 13.3 Å². The van der Waals surface area contributed by atoms with Gasteiger partial charge in [-0.05, 0) is 31.4 Å². The fourth-order valence-electron chi connectivity index (χ4n) is 2.98. The molecule has 7 nitrogen and oxygen atoms in total. The molecule has 0 spiro atoms. The summed E-state index contributed by atoms with van der Waals surface area (Å²) in [5.74, 6) is 1.18. The smallest absolute Gasteiger partial charge is 0.214 e. The molecule has 8 heteroatoms. The number of nitriles is 1. The number of nitrogens with one attached hydrogen (secondary N) is 1. The first-order valence-electron chi connectivity index (χ1n) is 7.89. The van der Waals surface area contributed by atoms with Crippen LogP contribution in [0.3, 0.4) is 0 Å². The molecule has 3 aromatic rings. The molecule has 1 atom stereocenters. The van der Waals surface area contributed by atoms with Crippen molar-refractivity contribution >= 4 is 27.2 Å². The van der Waals surface area contributed by atoms with Crippen molar-refractivity contribution in [3.8, 4) is 6.07 Å². The third-order valence-corrected chi connectivity index (χ3v) is 5.18.